The van der Waals surface area contributed by atoms with Crippen LogP contribution in [0.5, 0.6) is 5.75 Å². The van der Waals surface area contributed by atoms with Gasteiger partial charge >= 0.3 is 12.1 Å². The second kappa shape index (κ2) is 10.8. The molecular weight excluding hydrogens is 489 g/mol. The van der Waals surface area contributed by atoms with Gasteiger partial charge < -0.3 is 15.4 Å². The smallest absolute Gasteiger partial charge is 0.471 e. The number of rotatable bonds is 8. The minimum Gasteiger partial charge on any atom is -0.492 e. The number of alkyl halides is 3. The molecule has 174 valence electrons. The van der Waals surface area contributed by atoms with E-state index >= 15 is 0 Å². The average Bonchev–Trinajstić information content (AvgIpc) is 2.69. The summed E-state index contributed by atoms with van der Waals surface area (Å²) in [6.07, 6.45) is -4.22. The van der Waals surface area contributed by atoms with Crippen molar-refractivity contribution in [1.82, 2.24) is 5.32 Å². The molecule has 2 aromatic rings. The summed E-state index contributed by atoms with van der Waals surface area (Å²) >= 11 is 3.51. The number of anilines is 1. The maximum atomic E-state index is 12.4. The average molecular weight is 515 g/mol. The van der Waals surface area contributed by atoms with Crippen LogP contribution in [-0.2, 0) is 21.5 Å². The Kier molecular flexibility index (Phi) is 8.72. The largest absolute Gasteiger partial charge is 0.492 e. The predicted octanol–water partition coefficient (Wildman–Crippen LogP) is 5.72. The molecule has 0 atom stereocenters. The molecule has 2 N–H and O–H groups in total. The van der Waals surface area contributed by atoms with Crippen molar-refractivity contribution < 1.29 is 27.5 Å². The number of amides is 2. The van der Waals surface area contributed by atoms with Crippen LogP contribution in [0.15, 0.2) is 46.9 Å². The summed E-state index contributed by atoms with van der Waals surface area (Å²) in [6, 6.07) is 11.8. The van der Waals surface area contributed by atoms with Crippen molar-refractivity contribution >= 4 is 33.4 Å². The maximum Gasteiger partial charge on any atom is 0.471 e. The first-order valence-corrected chi connectivity index (χ1v) is 10.8. The third kappa shape index (κ3) is 8.18. The summed E-state index contributed by atoms with van der Waals surface area (Å²) in [5, 5.41) is 4.49. The third-order valence-corrected chi connectivity index (χ3v) is 5.16. The summed E-state index contributed by atoms with van der Waals surface area (Å²) in [6.45, 7) is 6.88. The van der Waals surface area contributed by atoms with E-state index in [-0.39, 0.29) is 30.0 Å². The second-order valence-electron chi connectivity index (χ2n) is 8.28. The van der Waals surface area contributed by atoms with Gasteiger partial charge in [0, 0.05) is 18.7 Å². The topological polar surface area (TPSA) is 67.4 Å². The van der Waals surface area contributed by atoms with E-state index in [2.05, 4.69) is 42.0 Å². The van der Waals surface area contributed by atoms with Crippen molar-refractivity contribution in [2.24, 2.45) is 0 Å². The maximum absolute atomic E-state index is 12.4. The second-order valence-corrected chi connectivity index (χ2v) is 9.13. The highest BCUT2D eigenvalue weighted by Gasteiger charge is 2.38. The van der Waals surface area contributed by atoms with E-state index in [0.29, 0.717) is 24.3 Å². The van der Waals surface area contributed by atoms with E-state index < -0.39 is 12.1 Å². The number of carbonyl (C=O) groups is 2. The van der Waals surface area contributed by atoms with E-state index in [0.717, 1.165) is 4.47 Å². The number of benzene rings is 2. The number of carbonyl (C=O) groups excluding carboxylic acids is 2. The quantitative estimate of drug-likeness (QED) is 0.442. The van der Waals surface area contributed by atoms with Crippen LogP contribution in [0.4, 0.5) is 18.9 Å². The fourth-order valence-electron chi connectivity index (χ4n) is 2.75. The first kappa shape index (κ1) is 25.7. The molecule has 2 rings (SSSR count). The van der Waals surface area contributed by atoms with E-state index in [4.69, 9.17) is 4.74 Å². The number of halogens is 4. The molecule has 0 fully saturated rings. The fraction of sp³-hybridized carbons (Fsp3) is 0.391. The summed E-state index contributed by atoms with van der Waals surface area (Å²) in [5.74, 6) is -1.55. The van der Waals surface area contributed by atoms with Crippen LogP contribution in [0.25, 0.3) is 0 Å². The summed E-state index contributed by atoms with van der Waals surface area (Å²) < 4.78 is 43.6. The Bertz CT molecular complexity index is 956. The van der Waals surface area contributed by atoms with Crippen LogP contribution in [0.3, 0.4) is 0 Å². The molecule has 0 saturated heterocycles. The highest BCUT2D eigenvalue weighted by atomic mass is 79.9. The standard InChI is InChI=1S/C23H26BrF3N2O3/c1-22(2,3)16-9-10-19(18(24)13-16)32-11-5-8-20(30)28-14-15-6-4-7-17(12-15)29-21(31)23(25,26)27/h4,6-7,9-10,12-13H,5,8,11,14H2,1-3H3,(H,28,30)(H,29,31). The molecule has 0 aliphatic heterocycles. The van der Waals surface area contributed by atoms with Crippen molar-refractivity contribution in [2.75, 3.05) is 11.9 Å². The molecule has 0 bridgehead atoms. The van der Waals surface area contributed by atoms with Crippen molar-refractivity contribution in [1.29, 1.82) is 0 Å². The fourth-order valence-corrected chi connectivity index (χ4v) is 3.24. The number of hydrogen-bond donors (Lipinski definition) is 2. The van der Waals surface area contributed by atoms with Gasteiger partial charge in [0.05, 0.1) is 11.1 Å². The Balaban J connectivity index is 1.75. The van der Waals surface area contributed by atoms with Gasteiger partial charge in [-0.3, -0.25) is 9.59 Å². The number of ether oxygens (including phenoxy) is 1. The van der Waals surface area contributed by atoms with Gasteiger partial charge in [-0.25, -0.2) is 0 Å². The van der Waals surface area contributed by atoms with Crippen LogP contribution in [-0.4, -0.2) is 24.6 Å². The zero-order valence-corrected chi connectivity index (χ0v) is 19.7. The van der Waals surface area contributed by atoms with Gasteiger partial charge in [-0.1, -0.05) is 39.0 Å². The lowest BCUT2D eigenvalue weighted by Gasteiger charge is -2.20. The van der Waals surface area contributed by atoms with Crippen molar-refractivity contribution in [3.8, 4) is 5.75 Å². The summed E-state index contributed by atoms with van der Waals surface area (Å²) in [5.41, 5.74) is 1.79. The number of hydrogen-bond acceptors (Lipinski definition) is 3. The normalized spacial score (nSPS) is 11.7. The van der Waals surface area contributed by atoms with Crippen molar-refractivity contribution in [3.63, 3.8) is 0 Å². The lowest BCUT2D eigenvalue weighted by molar-refractivity contribution is -0.167. The van der Waals surface area contributed by atoms with Crippen molar-refractivity contribution in [3.05, 3.63) is 58.1 Å². The Labute approximate surface area is 193 Å². The highest BCUT2D eigenvalue weighted by molar-refractivity contribution is 9.10. The highest BCUT2D eigenvalue weighted by Crippen LogP contribution is 2.31. The lowest BCUT2D eigenvalue weighted by Crippen LogP contribution is -2.30. The zero-order valence-electron chi connectivity index (χ0n) is 18.1. The molecule has 0 unspecified atom stereocenters. The lowest BCUT2D eigenvalue weighted by atomic mass is 9.87. The number of nitrogens with one attached hydrogen (secondary N) is 2. The van der Waals surface area contributed by atoms with E-state index in [1.54, 1.807) is 11.4 Å². The first-order chi connectivity index (χ1) is 14.9. The van der Waals surface area contributed by atoms with E-state index in [1.165, 1.54) is 23.8 Å². The molecule has 2 amide bonds. The molecule has 5 nitrogen and oxygen atoms in total. The molecular formula is C23H26BrF3N2O3. The van der Waals surface area contributed by atoms with Gasteiger partial charge in [0.25, 0.3) is 0 Å². The van der Waals surface area contributed by atoms with Crippen LogP contribution in [0, 0.1) is 0 Å². The predicted molar refractivity (Wildman–Crippen MR) is 121 cm³/mol. The van der Waals surface area contributed by atoms with Crippen LogP contribution >= 0.6 is 15.9 Å². The monoisotopic (exact) mass is 514 g/mol. The SMILES string of the molecule is CC(C)(C)c1ccc(OCCCC(=O)NCc2cccc(NC(=O)C(F)(F)F)c2)c(Br)c1. The van der Waals surface area contributed by atoms with Crippen LogP contribution in [0.1, 0.15) is 44.7 Å². The Hall–Kier alpha value is -2.55. The Morgan fingerprint density at radius 1 is 1.06 bits per heavy atom. The first-order valence-electron chi connectivity index (χ1n) is 10.0. The minimum absolute atomic E-state index is 0.00975. The van der Waals surface area contributed by atoms with Gasteiger partial charge in [-0.2, -0.15) is 13.2 Å². The van der Waals surface area contributed by atoms with E-state index in [9.17, 15) is 22.8 Å². The molecule has 2 aromatic carbocycles. The molecule has 0 aliphatic rings. The molecule has 0 spiro atoms. The molecule has 9 heteroatoms. The zero-order chi connectivity index (χ0) is 23.9. The Morgan fingerprint density at radius 3 is 2.41 bits per heavy atom. The molecule has 0 saturated carbocycles. The molecule has 0 aliphatic carbocycles. The third-order valence-electron chi connectivity index (χ3n) is 4.54. The summed E-state index contributed by atoms with van der Waals surface area (Å²) in [4.78, 5) is 23.1. The van der Waals surface area contributed by atoms with Gasteiger partial charge in [0.1, 0.15) is 5.75 Å². The van der Waals surface area contributed by atoms with Gasteiger partial charge in [-0.05, 0) is 63.2 Å². The minimum atomic E-state index is -4.96. The van der Waals surface area contributed by atoms with Crippen LogP contribution in [0.2, 0.25) is 0 Å². The van der Waals surface area contributed by atoms with Gasteiger partial charge in [0.2, 0.25) is 5.91 Å². The van der Waals surface area contributed by atoms with Crippen LogP contribution < -0.4 is 15.4 Å². The molecule has 0 radical (unpaired) electrons. The summed E-state index contributed by atoms with van der Waals surface area (Å²) in [7, 11) is 0. The van der Waals surface area contributed by atoms with Gasteiger partial charge in [0.15, 0.2) is 0 Å². The van der Waals surface area contributed by atoms with Gasteiger partial charge in [-0.15, -0.1) is 0 Å². The van der Waals surface area contributed by atoms with Crippen molar-refractivity contribution in [2.45, 2.75) is 51.7 Å². The molecule has 32 heavy (non-hydrogen) atoms. The molecule has 0 aromatic heterocycles. The molecule has 0 heterocycles. The van der Waals surface area contributed by atoms with E-state index in [1.807, 2.05) is 18.2 Å². The Morgan fingerprint density at radius 2 is 1.78 bits per heavy atom.